The fourth-order valence-corrected chi connectivity index (χ4v) is 1.58. The van der Waals surface area contributed by atoms with Gasteiger partial charge in [0.2, 0.25) is 0 Å². The van der Waals surface area contributed by atoms with Crippen molar-refractivity contribution < 1.29 is 9.90 Å². The van der Waals surface area contributed by atoms with Crippen LogP contribution >= 0.6 is 11.6 Å². The highest BCUT2D eigenvalue weighted by Crippen LogP contribution is 2.22. The van der Waals surface area contributed by atoms with Crippen LogP contribution in [0.2, 0.25) is 5.02 Å². The molecule has 1 amide bonds. The lowest BCUT2D eigenvalue weighted by Crippen LogP contribution is -2.47. The summed E-state index contributed by atoms with van der Waals surface area (Å²) in [5.41, 5.74) is 0.743. The third-order valence-corrected chi connectivity index (χ3v) is 3.51. The van der Waals surface area contributed by atoms with Gasteiger partial charge in [-0.3, -0.25) is 4.79 Å². The molecule has 17 heavy (non-hydrogen) atoms. The van der Waals surface area contributed by atoms with Crippen LogP contribution in [-0.4, -0.2) is 35.1 Å². The molecule has 1 N–H and O–H groups in total. The quantitative estimate of drug-likeness (QED) is 0.902. The minimum absolute atomic E-state index is 0.0884. The minimum atomic E-state index is -0.591. The summed E-state index contributed by atoms with van der Waals surface area (Å²) in [6, 6.07) is 5.25. The Labute approximate surface area is 107 Å². The van der Waals surface area contributed by atoms with Gasteiger partial charge in [0, 0.05) is 17.6 Å². The Balaban J connectivity index is 3.09. The Bertz CT molecular complexity index is 429. The predicted molar refractivity (Wildman–Crippen MR) is 69.4 cm³/mol. The Morgan fingerprint density at radius 3 is 2.59 bits per heavy atom. The van der Waals surface area contributed by atoms with Crippen LogP contribution in [0.25, 0.3) is 0 Å². The lowest BCUT2D eigenvalue weighted by molar-refractivity contribution is 0.0472. The van der Waals surface area contributed by atoms with Crippen molar-refractivity contribution in [1.82, 2.24) is 4.90 Å². The molecule has 0 aliphatic carbocycles. The highest BCUT2D eigenvalue weighted by Gasteiger charge is 2.28. The fourth-order valence-electron chi connectivity index (χ4n) is 1.40. The summed E-state index contributed by atoms with van der Waals surface area (Å²) < 4.78 is 0. The predicted octanol–water partition coefficient (Wildman–Crippen LogP) is 2.49. The Morgan fingerprint density at radius 2 is 2.06 bits per heavy atom. The van der Waals surface area contributed by atoms with E-state index in [9.17, 15) is 9.90 Å². The number of likely N-dealkylation sites (N-methyl/N-ethyl adjacent to an activating group) is 1. The molecular formula is C13H18ClNO2. The number of hydrogen-bond donors (Lipinski definition) is 1. The van der Waals surface area contributed by atoms with Gasteiger partial charge in [0.1, 0.15) is 0 Å². The number of benzene rings is 1. The summed E-state index contributed by atoms with van der Waals surface area (Å²) in [6.45, 7) is 5.35. The topological polar surface area (TPSA) is 40.5 Å². The summed E-state index contributed by atoms with van der Waals surface area (Å²) >= 11 is 5.99. The molecule has 0 atom stereocenters. The van der Waals surface area contributed by atoms with Crippen LogP contribution in [0, 0.1) is 6.92 Å². The standard InChI is InChI=1S/C13H18ClNO2/c1-9-10(6-5-7-11(9)14)12(17)15(4)13(2,3)8-16/h5-7,16H,8H2,1-4H3. The van der Waals surface area contributed by atoms with Crippen LogP contribution in [0.1, 0.15) is 29.8 Å². The highest BCUT2D eigenvalue weighted by atomic mass is 35.5. The van der Waals surface area contributed by atoms with Gasteiger partial charge in [-0.1, -0.05) is 17.7 Å². The average Bonchev–Trinajstić information content (AvgIpc) is 2.30. The number of carbonyl (C=O) groups excluding carboxylic acids is 1. The summed E-state index contributed by atoms with van der Waals surface area (Å²) in [6.07, 6.45) is 0. The van der Waals surface area contributed by atoms with Gasteiger partial charge in [-0.05, 0) is 38.5 Å². The second-order valence-electron chi connectivity index (χ2n) is 4.75. The molecule has 4 heteroatoms. The van der Waals surface area contributed by atoms with Crippen LogP contribution in [0.5, 0.6) is 0 Å². The molecule has 0 saturated carbocycles. The monoisotopic (exact) mass is 255 g/mol. The molecule has 0 saturated heterocycles. The maximum Gasteiger partial charge on any atom is 0.254 e. The molecule has 0 aliphatic heterocycles. The molecule has 0 radical (unpaired) electrons. The number of amides is 1. The van der Waals surface area contributed by atoms with Crippen LogP contribution in [0.3, 0.4) is 0 Å². The maximum absolute atomic E-state index is 12.3. The van der Waals surface area contributed by atoms with Crippen LogP contribution < -0.4 is 0 Å². The van der Waals surface area contributed by atoms with Crippen LogP contribution in [0.4, 0.5) is 0 Å². The fraction of sp³-hybridized carbons (Fsp3) is 0.462. The van der Waals surface area contributed by atoms with Gasteiger partial charge in [-0.2, -0.15) is 0 Å². The zero-order chi connectivity index (χ0) is 13.2. The number of nitrogens with zero attached hydrogens (tertiary/aromatic N) is 1. The van der Waals surface area contributed by atoms with E-state index in [4.69, 9.17) is 11.6 Å². The van der Waals surface area contributed by atoms with E-state index >= 15 is 0 Å². The molecule has 0 fully saturated rings. The number of aliphatic hydroxyl groups is 1. The minimum Gasteiger partial charge on any atom is -0.394 e. The number of hydrogen-bond acceptors (Lipinski definition) is 2. The molecule has 0 unspecified atom stereocenters. The highest BCUT2D eigenvalue weighted by molar-refractivity contribution is 6.31. The zero-order valence-electron chi connectivity index (χ0n) is 10.6. The third-order valence-electron chi connectivity index (χ3n) is 3.10. The average molecular weight is 256 g/mol. The molecule has 0 bridgehead atoms. The Morgan fingerprint density at radius 1 is 1.47 bits per heavy atom. The van der Waals surface area contributed by atoms with Gasteiger partial charge in [0.05, 0.1) is 12.1 Å². The second kappa shape index (κ2) is 5.07. The van der Waals surface area contributed by atoms with Crippen molar-refractivity contribution in [2.45, 2.75) is 26.3 Å². The van der Waals surface area contributed by atoms with Crippen molar-refractivity contribution >= 4 is 17.5 Å². The van der Waals surface area contributed by atoms with Crippen LogP contribution in [-0.2, 0) is 0 Å². The number of carbonyl (C=O) groups is 1. The molecule has 0 aliphatic rings. The van der Waals surface area contributed by atoms with Crippen molar-refractivity contribution in [3.63, 3.8) is 0 Å². The molecule has 0 spiro atoms. The molecular weight excluding hydrogens is 238 g/mol. The molecule has 0 heterocycles. The van der Waals surface area contributed by atoms with E-state index in [-0.39, 0.29) is 12.5 Å². The smallest absolute Gasteiger partial charge is 0.254 e. The third kappa shape index (κ3) is 2.79. The molecule has 1 aromatic rings. The van der Waals surface area contributed by atoms with E-state index < -0.39 is 5.54 Å². The van der Waals surface area contributed by atoms with E-state index in [1.807, 2.05) is 20.8 Å². The van der Waals surface area contributed by atoms with Gasteiger partial charge >= 0.3 is 0 Å². The molecule has 1 rings (SSSR count). The van der Waals surface area contributed by atoms with E-state index in [1.54, 1.807) is 25.2 Å². The number of rotatable bonds is 3. The molecule has 3 nitrogen and oxygen atoms in total. The van der Waals surface area contributed by atoms with Gasteiger partial charge in [-0.15, -0.1) is 0 Å². The van der Waals surface area contributed by atoms with E-state index in [0.717, 1.165) is 5.56 Å². The maximum atomic E-state index is 12.3. The SMILES string of the molecule is Cc1c(Cl)cccc1C(=O)N(C)C(C)(C)CO. The number of aliphatic hydroxyl groups excluding tert-OH is 1. The molecule has 0 aromatic heterocycles. The first-order valence-electron chi connectivity index (χ1n) is 5.45. The summed E-state index contributed by atoms with van der Waals surface area (Å²) in [5.74, 6) is -0.135. The first-order chi connectivity index (χ1) is 7.81. The zero-order valence-corrected chi connectivity index (χ0v) is 11.4. The van der Waals surface area contributed by atoms with Crippen molar-refractivity contribution in [1.29, 1.82) is 0 Å². The van der Waals surface area contributed by atoms with Gasteiger partial charge < -0.3 is 10.0 Å². The first kappa shape index (κ1) is 14.0. The van der Waals surface area contributed by atoms with Gasteiger partial charge in [-0.25, -0.2) is 0 Å². The van der Waals surface area contributed by atoms with E-state index in [0.29, 0.717) is 10.6 Å². The van der Waals surface area contributed by atoms with Crippen molar-refractivity contribution in [3.8, 4) is 0 Å². The van der Waals surface area contributed by atoms with Crippen molar-refractivity contribution in [2.24, 2.45) is 0 Å². The lowest BCUT2D eigenvalue weighted by atomic mass is 10.0. The Hall–Kier alpha value is -1.06. The van der Waals surface area contributed by atoms with Crippen molar-refractivity contribution in [2.75, 3.05) is 13.7 Å². The molecule has 94 valence electrons. The largest absolute Gasteiger partial charge is 0.394 e. The van der Waals surface area contributed by atoms with E-state index in [2.05, 4.69) is 0 Å². The normalized spacial score (nSPS) is 11.4. The van der Waals surface area contributed by atoms with Crippen molar-refractivity contribution in [3.05, 3.63) is 34.3 Å². The Kier molecular flexibility index (Phi) is 4.17. The second-order valence-corrected chi connectivity index (χ2v) is 5.15. The molecule has 1 aromatic carbocycles. The number of halogens is 1. The summed E-state index contributed by atoms with van der Waals surface area (Å²) in [5, 5.41) is 9.84. The lowest BCUT2D eigenvalue weighted by Gasteiger charge is -2.34. The first-order valence-corrected chi connectivity index (χ1v) is 5.83. The summed E-state index contributed by atoms with van der Waals surface area (Å²) in [7, 11) is 1.68. The summed E-state index contributed by atoms with van der Waals surface area (Å²) in [4.78, 5) is 13.8. The van der Waals surface area contributed by atoms with E-state index in [1.165, 1.54) is 4.90 Å². The van der Waals surface area contributed by atoms with Gasteiger partial charge in [0.25, 0.3) is 5.91 Å². The van der Waals surface area contributed by atoms with Crippen LogP contribution in [0.15, 0.2) is 18.2 Å². The van der Waals surface area contributed by atoms with Gasteiger partial charge in [0.15, 0.2) is 0 Å².